The molecule has 0 aromatic rings. The van der Waals surface area contributed by atoms with E-state index in [2.05, 4.69) is 37.9 Å². The van der Waals surface area contributed by atoms with E-state index in [1.807, 2.05) is 0 Å². The lowest BCUT2D eigenvalue weighted by atomic mass is 10.1. The highest BCUT2D eigenvalue weighted by Gasteiger charge is 2.26. The van der Waals surface area contributed by atoms with Crippen LogP contribution >= 0.6 is 0 Å². The summed E-state index contributed by atoms with van der Waals surface area (Å²) in [6, 6.07) is 0.928. The summed E-state index contributed by atoms with van der Waals surface area (Å²) in [5.74, 6) is 0.842. The molecule has 1 saturated carbocycles. The van der Waals surface area contributed by atoms with Crippen molar-refractivity contribution in [2.24, 2.45) is 5.92 Å². The van der Waals surface area contributed by atoms with E-state index in [1.165, 1.54) is 25.7 Å². The monoisotopic (exact) mass is 254 g/mol. The van der Waals surface area contributed by atoms with Gasteiger partial charge in [0.05, 0.1) is 6.54 Å². The van der Waals surface area contributed by atoms with Gasteiger partial charge in [-0.2, -0.15) is 0 Å². The molecule has 1 aliphatic rings. The van der Waals surface area contributed by atoms with Crippen LogP contribution in [0.1, 0.15) is 59.8 Å². The van der Waals surface area contributed by atoms with Gasteiger partial charge in [0.25, 0.3) is 0 Å². The van der Waals surface area contributed by atoms with E-state index < -0.39 is 0 Å². The van der Waals surface area contributed by atoms with Crippen molar-refractivity contribution in [3.63, 3.8) is 0 Å². The Bertz CT molecular complexity index is 247. The molecule has 1 amide bonds. The summed E-state index contributed by atoms with van der Waals surface area (Å²) in [7, 11) is 0. The summed E-state index contributed by atoms with van der Waals surface area (Å²) in [4.78, 5) is 14.5. The molecule has 1 rings (SSSR count). The first-order valence-electron chi connectivity index (χ1n) is 7.57. The number of carbonyl (C=O) groups excluding carboxylic acids is 1. The van der Waals surface area contributed by atoms with Crippen LogP contribution in [0.2, 0.25) is 0 Å². The van der Waals surface area contributed by atoms with Gasteiger partial charge < -0.3 is 10.2 Å². The predicted octanol–water partition coefficient (Wildman–Crippen LogP) is 2.80. The zero-order chi connectivity index (χ0) is 13.5. The first kappa shape index (κ1) is 15.5. The largest absolute Gasteiger partial charge is 0.338 e. The quantitative estimate of drug-likeness (QED) is 0.757. The van der Waals surface area contributed by atoms with Crippen LogP contribution in [0.15, 0.2) is 0 Å². The van der Waals surface area contributed by atoms with Crippen LogP contribution in [0.3, 0.4) is 0 Å². The molecule has 18 heavy (non-hydrogen) atoms. The van der Waals surface area contributed by atoms with Crippen LogP contribution in [0, 0.1) is 5.92 Å². The molecule has 0 heterocycles. The summed E-state index contributed by atoms with van der Waals surface area (Å²) in [5, 5.41) is 3.32. The van der Waals surface area contributed by atoms with E-state index in [-0.39, 0.29) is 5.91 Å². The van der Waals surface area contributed by atoms with Gasteiger partial charge >= 0.3 is 0 Å². The number of nitrogens with zero attached hydrogens (tertiary/aromatic N) is 1. The minimum atomic E-state index is 0.288. The van der Waals surface area contributed by atoms with Gasteiger partial charge in [-0.3, -0.25) is 4.79 Å². The second-order valence-corrected chi connectivity index (χ2v) is 6.07. The summed E-state index contributed by atoms with van der Waals surface area (Å²) < 4.78 is 0. The van der Waals surface area contributed by atoms with E-state index in [1.54, 1.807) is 0 Å². The molecule has 0 aliphatic heterocycles. The Morgan fingerprint density at radius 2 is 1.89 bits per heavy atom. The molecule has 3 heteroatoms. The number of hydrogen-bond donors (Lipinski definition) is 1. The maximum Gasteiger partial charge on any atom is 0.236 e. The second-order valence-electron chi connectivity index (χ2n) is 6.07. The average Bonchev–Trinajstić information content (AvgIpc) is 2.85. The van der Waals surface area contributed by atoms with Gasteiger partial charge in [0.1, 0.15) is 0 Å². The summed E-state index contributed by atoms with van der Waals surface area (Å²) in [6.45, 7) is 10.1. The Morgan fingerprint density at radius 3 is 2.39 bits per heavy atom. The first-order chi connectivity index (χ1) is 8.54. The summed E-state index contributed by atoms with van der Waals surface area (Å²) in [5.41, 5.74) is 0. The SMILES string of the molecule is CCC(C)NCC(=O)N(CC(C)C)C1CCCC1. The van der Waals surface area contributed by atoms with Crippen LogP contribution in [0.4, 0.5) is 0 Å². The van der Waals surface area contributed by atoms with Crippen molar-refractivity contribution in [2.75, 3.05) is 13.1 Å². The van der Waals surface area contributed by atoms with Gasteiger partial charge in [-0.05, 0) is 32.1 Å². The van der Waals surface area contributed by atoms with Crippen LogP contribution in [-0.2, 0) is 4.79 Å². The first-order valence-corrected chi connectivity index (χ1v) is 7.57. The molecule has 1 unspecified atom stereocenters. The lowest BCUT2D eigenvalue weighted by Gasteiger charge is -2.31. The molecule has 3 nitrogen and oxygen atoms in total. The standard InChI is InChI=1S/C15H30N2O/c1-5-13(4)16-10-15(18)17(11-12(2)3)14-8-6-7-9-14/h12-14,16H,5-11H2,1-4H3. The van der Waals surface area contributed by atoms with Crippen molar-refractivity contribution >= 4 is 5.91 Å². The van der Waals surface area contributed by atoms with Crippen molar-refractivity contribution in [1.82, 2.24) is 10.2 Å². The van der Waals surface area contributed by atoms with Crippen molar-refractivity contribution < 1.29 is 4.79 Å². The predicted molar refractivity (Wildman–Crippen MR) is 76.6 cm³/mol. The topological polar surface area (TPSA) is 32.3 Å². The van der Waals surface area contributed by atoms with E-state index in [0.29, 0.717) is 24.5 Å². The third-order valence-electron chi connectivity index (χ3n) is 3.86. The molecular weight excluding hydrogens is 224 g/mol. The third kappa shape index (κ3) is 4.97. The summed E-state index contributed by atoms with van der Waals surface area (Å²) in [6.07, 6.45) is 6.03. The van der Waals surface area contributed by atoms with E-state index in [0.717, 1.165) is 13.0 Å². The molecule has 0 aromatic carbocycles. The minimum absolute atomic E-state index is 0.288. The van der Waals surface area contributed by atoms with Crippen LogP contribution in [0.5, 0.6) is 0 Å². The van der Waals surface area contributed by atoms with Crippen LogP contribution < -0.4 is 5.32 Å². The Hall–Kier alpha value is -0.570. The molecule has 0 bridgehead atoms. The molecular formula is C15H30N2O. The van der Waals surface area contributed by atoms with E-state index >= 15 is 0 Å². The highest BCUT2D eigenvalue weighted by molar-refractivity contribution is 5.78. The Labute approximate surface area is 112 Å². The van der Waals surface area contributed by atoms with Crippen molar-refractivity contribution in [2.45, 2.75) is 71.9 Å². The molecule has 0 aromatic heterocycles. The smallest absolute Gasteiger partial charge is 0.236 e. The lowest BCUT2D eigenvalue weighted by Crippen LogP contribution is -2.46. The fraction of sp³-hybridized carbons (Fsp3) is 0.933. The molecule has 1 N–H and O–H groups in total. The van der Waals surface area contributed by atoms with Crippen molar-refractivity contribution in [3.8, 4) is 0 Å². The fourth-order valence-corrected chi connectivity index (χ4v) is 2.57. The van der Waals surface area contributed by atoms with E-state index in [4.69, 9.17) is 0 Å². The molecule has 106 valence electrons. The highest BCUT2D eigenvalue weighted by Crippen LogP contribution is 2.24. The normalized spacial score (nSPS) is 18.3. The zero-order valence-corrected chi connectivity index (χ0v) is 12.5. The number of rotatable bonds is 7. The van der Waals surface area contributed by atoms with Crippen molar-refractivity contribution in [3.05, 3.63) is 0 Å². The van der Waals surface area contributed by atoms with Gasteiger partial charge in [-0.15, -0.1) is 0 Å². The van der Waals surface area contributed by atoms with E-state index in [9.17, 15) is 4.79 Å². The summed E-state index contributed by atoms with van der Waals surface area (Å²) >= 11 is 0. The number of amides is 1. The van der Waals surface area contributed by atoms with Gasteiger partial charge in [0, 0.05) is 18.6 Å². The number of carbonyl (C=O) groups is 1. The second kappa shape index (κ2) is 7.78. The van der Waals surface area contributed by atoms with Gasteiger partial charge in [0.15, 0.2) is 0 Å². The van der Waals surface area contributed by atoms with Gasteiger partial charge in [-0.1, -0.05) is 33.6 Å². The van der Waals surface area contributed by atoms with Crippen LogP contribution in [0.25, 0.3) is 0 Å². The van der Waals surface area contributed by atoms with Gasteiger partial charge in [0.2, 0.25) is 5.91 Å². The minimum Gasteiger partial charge on any atom is -0.338 e. The highest BCUT2D eigenvalue weighted by atomic mass is 16.2. The maximum atomic E-state index is 12.3. The Morgan fingerprint density at radius 1 is 1.28 bits per heavy atom. The molecule has 1 atom stereocenters. The Kier molecular flexibility index (Phi) is 6.69. The molecule has 1 aliphatic carbocycles. The average molecular weight is 254 g/mol. The third-order valence-corrected chi connectivity index (χ3v) is 3.86. The fourth-order valence-electron chi connectivity index (χ4n) is 2.57. The molecule has 1 fully saturated rings. The number of nitrogens with one attached hydrogen (secondary N) is 1. The molecule has 0 spiro atoms. The number of hydrogen-bond acceptors (Lipinski definition) is 2. The van der Waals surface area contributed by atoms with Gasteiger partial charge in [-0.25, -0.2) is 0 Å². The maximum absolute atomic E-state index is 12.3. The van der Waals surface area contributed by atoms with Crippen LogP contribution in [-0.4, -0.2) is 36.0 Å². The molecule has 0 radical (unpaired) electrons. The van der Waals surface area contributed by atoms with Crippen molar-refractivity contribution in [1.29, 1.82) is 0 Å². The zero-order valence-electron chi connectivity index (χ0n) is 12.5. The Balaban J connectivity index is 2.49. The lowest BCUT2D eigenvalue weighted by molar-refractivity contribution is -0.133. The molecule has 0 saturated heterocycles.